The molecule has 1 N–H and O–H groups in total. The van der Waals surface area contributed by atoms with Crippen LogP contribution in [0.15, 0.2) is 43.1 Å². The molecule has 0 aromatic carbocycles. The van der Waals surface area contributed by atoms with Crippen LogP contribution in [0.4, 0.5) is 5.82 Å². The maximum atomic E-state index is 6.08. The molecule has 0 saturated heterocycles. The molecule has 4 heterocycles. The van der Waals surface area contributed by atoms with Gasteiger partial charge in [-0.05, 0) is 25.7 Å². The van der Waals surface area contributed by atoms with Crippen LogP contribution in [0.25, 0.3) is 22.2 Å². The van der Waals surface area contributed by atoms with Gasteiger partial charge in [0.2, 0.25) is 0 Å². The predicted molar refractivity (Wildman–Crippen MR) is 113 cm³/mol. The first-order valence-corrected chi connectivity index (χ1v) is 10.2. The fourth-order valence-electron chi connectivity index (χ4n) is 4.15. The zero-order valence-corrected chi connectivity index (χ0v) is 17.1. The number of hydrogen-bond donors (Lipinski definition) is 1. The molecule has 0 spiro atoms. The van der Waals surface area contributed by atoms with Gasteiger partial charge in [0.1, 0.15) is 17.3 Å². The summed E-state index contributed by atoms with van der Waals surface area (Å²) in [6.45, 7) is 0. The van der Waals surface area contributed by atoms with E-state index in [1.807, 2.05) is 38.8 Å². The van der Waals surface area contributed by atoms with Crippen LogP contribution >= 0.6 is 0 Å². The number of fused-ring (bicyclic) bond motifs is 1. The Kier molecular flexibility index (Phi) is 4.78. The summed E-state index contributed by atoms with van der Waals surface area (Å²) >= 11 is 0. The molecule has 1 aliphatic rings. The summed E-state index contributed by atoms with van der Waals surface area (Å²) in [4.78, 5) is 4.51. The van der Waals surface area contributed by atoms with Crippen LogP contribution in [-0.2, 0) is 7.05 Å². The minimum atomic E-state index is 0.194. The fraction of sp³-hybridized carbons (Fsp3) is 0.381. The molecule has 0 unspecified atom stereocenters. The Labute approximate surface area is 174 Å². The van der Waals surface area contributed by atoms with Gasteiger partial charge in [-0.25, -0.2) is 4.98 Å². The highest BCUT2D eigenvalue weighted by atomic mass is 16.5. The normalized spacial score (nSPS) is 19.1. The Morgan fingerprint density at radius 1 is 1.10 bits per heavy atom. The number of anilines is 1. The van der Waals surface area contributed by atoms with Crippen molar-refractivity contribution in [3.8, 4) is 17.0 Å². The highest BCUT2D eigenvalue weighted by Gasteiger charge is 2.27. The topological polar surface area (TPSA) is 95.6 Å². The average molecular weight is 404 g/mol. The van der Waals surface area contributed by atoms with E-state index in [9.17, 15) is 0 Å². The third-order valence-electron chi connectivity index (χ3n) is 5.68. The minimum absolute atomic E-state index is 0.194. The third kappa shape index (κ3) is 3.47. The standard InChI is InChI=1S/C21H24N8O/c1-22-20-9-19-18(12-23-20)21(14-10-26-28(2)13-14)27-29(19)15-3-5-16(6-4-15)30-17-7-8-24-25-11-17/h7-13,15-16H,3-6H2,1-2H3,(H,22,23). The molecule has 5 rings (SSSR count). The molecular weight excluding hydrogens is 380 g/mol. The van der Waals surface area contributed by atoms with Gasteiger partial charge >= 0.3 is 0 Å². The summed E-state index contributed by atoms with van der Waals surface area (Å²) in [5.41, 5.74) is 3.02. The molecule has 0 atom stereocenters. The monoisotopic (exact) mass is 404 g/mol. The molecule has 0 amide bonds. The van der Waals surface area contributed by atoms with Crippen LogP contribution in [0.2, 0.25) is 0 Å². The van der Waals surface area contributed by atoms with Crippen molar-refractivity contribution >= 4 is 16.7 Å². The lowest BCUT2D eigenvalue weighted by atomic mass is 9.93. The molecular formula is C21H24N8O. The van der Waals surface area contributed by atoms with Crippen molar-refractivity contribution in [2.75, 3.05) is 12.4 Å². The summed E-state index contributed by atoms with van der Waals surface area (Å²) in [6.07, 6.45) is 13.2. The summed E-state index contributed by atoms with van der Waals surface area (Å²) < 4.78 is 10.0. The van der Waals surface area contributed by atoms with E-state index in [0.717, 1.165) is 59.4 Å². The molecule has 1 aliphatic carbocycles. The molecule has 1 fully saturated rings. The van der Waals surface area contributed by atoms with Crippen LogP contribution in [0.3, 0.4) is 0 Å². The van der Waals surface area contributed by atoms with Gasteiger partial charge in [0.05, 0.1) is 36.3 Å². The van der Waals surface area contributed by atoms with Crippen LogP contribution in [0, 0.1) is 0 Å². The molecule has 0 aliphatic heterocycles. The van der Waals surface area contributed by atoms with Crippen molar-refractivity contribution in [1.82, 2.24) is 34.7 Å². The van der Waals surface area contributed by atoms with E-state index in [4.69, 9.17) is 9.84 Å². The quantitative estimate of drug-likeness (QED) is 0.545. The summed E-state index contributed by atoms with van der Waals surface area (Å²) in [5.74, 6) is 1.62. The predicted octanol–water partition coefficient (Wildman–Crippen LogP) is 3.23. The van der Waals surface area contributed by atoms with Gasteiger partial charge in [-0.15, -0.1) is 0 Å². The van der Waals surface area contributed by atoms with Crippen molar-refractivity contribution in [3.63, 3.8) is 0 Å². The molecule has 154 valence electrons. The number of aryl methyl sites for hydroxylation is 1. The van der Waals surface area contributed by atoms with Gasteiger partial charge in [0.15, 0.2) is 0 Å². The van der Waals surface area contributed by atoms with Crippen molar-refractivity contribution in [1.29, 1.82) is 0 Å². The molecule has 0 radical (unpaired) electrons. The molecule has 1 saturated carbocycles. The number of nitrogens with one attached hydrogen (secondary N) is 1. The second kappa shape index (κ2) is 7.74. The molecule has 30 heavy (non-hydrogen) atoms. The number of ether oxygens (including phenoxy) is 1. The van der Waals surface area contributed by atoms with E-state index in [-0.39, 0.29) is 6.10 Å². The largest absolute Gasteiger partial charge is 0.489 e. The lowest BCUT2D eigenvalue weighted by Crippen LogP contribution is -2.26. The number of aromatic nitrogens is 7. The summed E-state index contributed by atoms with van der Waals surface area (Å²) in [5, 5.41) is 21.2. The van der Waals surface area contributed by atoms with Crippen molar-refractivity contribution in [2.24, 2.45) is 7.05 Å². The number of nitrogens with zero attached hydrogens (tertiary/aromatic N) is 7. The highest BCUT2D eigenvalue weighted by molar-refractivity contribution is 5.93. The van der Waals surface area contributed by atoms with Crippen LogP contribution in [0.5, 0.6) is 5.75 Å². The van der Waals surface area contributed by atoms with Gasteiger partial charge in [-0.2, -0.15) is 20.4 Å². The number of pyridine rings is 1. The first-order chi connectivity index (χ1) is 14.7. The van der Waals surface area contributed by atoms with E-state index < -0.39 is 0 Å². The van der Waals surface area contributed by atoms with Gasteiger partial charge in [-0.1, -0.05) is 0 Å². The Morgan fingerprint density at radius 3 is 2.67 bits per heavy atom. The van der Waals surface area contributed by atoms with E-state index in [0.29, 0.717) is 6.04 Å². The number of rotatable bonds is 5. The Morgan fingerprint density at radius 2 is 1.97 bits per heavy atom. The molecule has 4 aromatic heterocycles. The van der Waals surface area contributed by atoms with E-state index >= 15 is 0 Å². The molecule has 9 heteroatoms. The fourth-order valence-corrected chi connectivity index (χ4v) is 4.15. The smallest absolute Gasteiger partial charge is 0.141 e. The van der Waals surface area contributed by atoms with Gasteiger partial charge in [0, 0.05) is 49.6 Å². The minimum Gasteiger partial charge on any atom is -0.489 e. The Bertz CT molecular complexity index is 1140. The van der Waals surface area contributed by atoms with Crippen LogP contribution in [0.1, 0.15) is 31.7 Å². The third-order valence-corrected chi connectivity index (χ3v) is 5.68. The maximum absolute atomic E-state index is 6.08. The second-order valence-electron chi connectivity index (χ2n) is 7.66. The van der Waals surface area contributed by atoms with E-state index in [2.05, 4.69) is 36.3 Å². The average Bonchev–Trinajstić information content (AvgIpc) is 3.38. The second-order valence-corrected chi connectivity index (χ2v) is 7.66. The van der Waals surface area contributed by atoms with E-state index in [1.165, 1.54) is 0 Å². The first-order valence-electron chi connectivity index (χ1n) is 10.2. The van der Waals surface area contributed by atoms with Gasteiger partial charge in [0.25, 0.3) is 0 Å². The zero-order valence-electron chi connectivity index (χ0n) is 17.1. The molecule has 9 nitrogen and oxygen atoms in total. The number of hydrogen-bond acceptors (Lipinski definition) is 7. The van der Waals surface area contributed by atoms with Gasteiger partial charge in [-0.3, -0.25) is 9.36 Å². The van der Waals surface area contributed by atoms with Crippen LogP contribution < -0.4 is 10.1 Å². The lowest BCUT2D eigenvalue weighted by molar-refractivity contribution is 0.130. The van der Waals surface area contributed by atoms with Crippen molar-refractivity contribution < 1.29 is 4.74 Å². The molecule has 0 bridgehead atoms. The SMILES string of the molecule is CNc1cc2c(cn1)c(-c1cnn(C)c1)nn2C1CCC(Oc2ccnnc2)CC1. The Balaban J connectivity index is 1.42. The molecule has 4 aromatic rings. The summed E-state index contributed by atoms with van der Waals surface area (Å²) in [6, 6.07) is 4.25. The van der Waals surface area contributed by atoms with Gasteiger partial charge < -0.3 is 10.1 Å². The Hall–Kier alpha value is -3.49. The van der Waals surface area contributed by atoms with Crippen molar-refractivity contribution in [3.05, 3.63) is 43.1 Å². The van der Waals surface area contributed by atoms with E-state index in [1.54, 1.807) is 17.1 Å². The first kappa shape index (κ1) is 18.5. The highest BCUT2D eigenvalue weighted by Crippen LogP contribution is 2.36. The van der Waals surface area contributed by atoms with Crippen molar-refractivity contribution in [2.45, 2.75) is 37.8 Å². The lowest BCUT2D eigenvalue weighted by Gasteiger charge is -2.29. The summed E-state index contributed by atoms with van der Waals surface area (Å²) in [7, 11) is 3.80. The van der Waals surface area contributed by atoms with Crippen LogP contribution in [-0.4, -0.2) is 47.9 Å². The maximum Gasteiger partial charge on any atom is 0.141 e. The zero-order chi connectivity index (χ0) is 20.5.